The molecule has 0 spiro atoms. The monoisotopic (exact) mass is 382 g/mol. The first-order valence-electron chi connectivity index (χ1n) is 8.19. The summed E-state index contributed by atoms with van der Waals surface area (Å²) in [4.78, 5) is 12.6. The molecule has 0 N–H and O–H groups in total. The number of allylic oxidation sites excluding steroid dienone is 1. The minimum Gasteiger partial charge on any atom is -0.463 e. The predicted octanol–water partition coefficient (Wildman–Crippen LogP) is 4.09. The zero-order valence-electron chi connectivity index (χ0n) is 14.6. The lowest BCUT2D eigenvalue weighted by atomic mass is 10.2. The molecular weight excluding hydrogens is 367 g/mol. The number of nitrogens with zero attached hydrogens (tertiary/aromatic N) is 4. The number of halogens is 2. The highest BCUT2D eigenvalue weighted by molar-refractivity contribution is 6.32. The molecule has 0 saturated heterocycles. The van der Waals surface area contributed by atoms with Gasteiger partial charge < -0.3 is 4.74 Å². The molecule has 5 nitrogen and oxygen atoms in total. The van der Waals surface area contributed by atoms with Crippen molar-refractivity contribution in [3.05, 3.63) is 70.7 Å². The van der Waals surface area contributed by atoms with Gasteiger partial charge in [0.1, 0.15) is 22.9 Å². The maximum absolute atomic E-state index is 13.2. The molecule has 27 heavy (non-hydrogen) atoms. The molecule has 0 atom stereocenters. The third-order valence-electron chi connectivity index (χ3n) is 3.71. The molecule has 0 radical (unpaired) electrons. The van der Waals surface area contributed by atoms with Gasteiger partial charge in [0.05, 0.1) is 18.5 Å². The Morgan fingerprint density at radius 1 is 1.37 bits per heavy atom. The first-order valence-corrected chi connectivity index (χ1v) is 8.57. The van der Waals surface area contributed by atoms with Crippen molar-refractivity contribution in [1.82, 2.24) is 19.5 Å². The third kappa shape index (κ3) is 4.33. The van der Waals surface area contributed by atoms with Crippen LogP contribution in [0.1, 0.15) is 23.9 Å². The van der Waals surface area contributed by atoms with Gasteiger partial charge in [-0.3, -0.25) is 4.57 Å². The Kier molecular flexibility index (Phi) is 5.84. The molecule has 0 aliphatic carbocycles. The van der Waals surface area contributed by atoms with Gasteiger partial charge in [-0.15, -0.1) is 6.42 Å². The Morgan fingerprint density at radius 2 is 2.22 bits per heavy atom. The average Bonchev–Trinajstić information content (AvgIpc) is 3.06. The Labute approximate surface area is 161 Å². The van der Waals surface area contributed by atoms with Crippen molar-refractivity contribution < 1.29 is 9.13 Å². The van der Waals surface area contributed by atoms with Crippen LogP contribution in [0.25, 0.3) is 11.9 Å². The van der Waals surface area contributed by atoms with Crippen LogP contribution in [0.4, 0.5) is 4.39 Å². The highest BCUT2D eigenvalue weighted by Crippen LogP contribution is 2.23. The van der Waals surface area contributed by atoms with Crippen LogP contribution in [-0.4, -0.2) is 26.1 Å². The quantitative estimate of drug-likeness (QED) is 0.602. The predicted molar refractivity (Wildman–Crippen MR) is 102 cm³/mol. The van der Waals surface area contributed by atoms with Crippen molar-refractivity contribution in [2.24, 2.45) is 0 Å². The van der Waals surface area contributed by atoms with Crippen molar-refractivity contribution in [2.75, 3.05) is 6.61 Å². The van der Waals surface area contributed by atoms with Crippen LogP contribution in [-0.2, 0) is 6.42 Å². The molecular formula is C20H16ClFN4O. The maximum Gasteiger partial charge on any atom is 0.318 e. The summed E-state index contributed by atoms with van der Waals surface area (Å²) in [5.41, 5.74) is 2.00. The minimum absolute atomic E-state index is 0.160. The lowest BCUT2D eigenvalue weighted by Crippen LogP contribution is -2.07. The van der Waals surface area contributed by atoms with Gasteiger partial charge in [-0.1, -0.05) is 29.8 Å². The number of rotatable bonds is 6. The second kappa shape index (κ2) is 8.47. The zero-order chi connectivity index (χ0) is 19.2. The summed E-state index contributed by atoms with van der Waals surface area (Å²) in [6.45, 7) is 2.17. The lowest BCUT2D eigenvalue weighted by molar-refractivity contribution is 0.296. The fraction of sp³-hybridized carbons (Fsp3) is 0.150. The van der Waals surface area contributed by atoms with E-state index >= 15 is 0 Å². The van der Waals surface area contributed by atoms with Crippen molar-refractivity contribution in [3.63, 3.8) is 0 Å². The standard InChI is InChI=1S/C20H16ClFN4O/c1-3-6-18-17(4-2)24-13-26(18)19-16(21)12-23-20(25-19)27-10-9-14-7-5-8-15(22)11-14/h2-3,5-8,11-13H,9-10H2,1H3/b6-3-. The van der Waals surface area contributed by atoms with Crippen LogP contribution in [0.2, 0.25) is 5.02 Å². The summed E-state index contributed by atoms with van der Waals surface area (Å²) in [5, 5.41) is 0.333. The number of ether oxygens (including phenoxy) is 1. The first kappa shape index (κ1) is 18.6. The molecule has 2 heterocycles. The number of hydrogen-bond donors (Lipinski definition) is 0. The Balaban J connectivity index is 1.81. The second-order valence-corrected chi connectivity index (χ2v) is 5.95. The van der Waals surface area contributed by atoms with Crippen molar-refractivity contribution in [2.45, 2.75) is 13.3 Å². The molecule has 2 aromatic heterocycles. The summed E-state index contributed by atoms with van der Waals surface area (Å²) in [7, 11) is 0. The van der Waals surface area contributed by atoms with Crippen LogP contribution < -0.4 is 4.74 Å². The molecule has 1 aromatic carbocycles. The zero-order valence-corrected chi connectivity index (χ0v) is 15.3. The minimum atomic E-state index is -0.279. The highest BCUT2D eigenvalue weighted by atomic mass is 35.5. The van der Waals surface area contributed by atoms with Crippen LogP contribution in [0, 0.1) is 18.2 Å². The van der Waals surface area contributed by atoms with Gasteiger partial charge in [-0.2, -0.15) is 4.98 Å². The average molecular weight is 383 g/mol. The van der Waals surface area contributed by atoms with Gasteiger partial charge in [0.15, 0.2) is 5.82 Å². The van der Waals surface area contributed by atoms with Gasteiger partial charge in [0.2, 0.25) is 0 Å². The van der Waals surface area contributed by atoms with Gasteiger partial charge in [-0.05, 0) is 36.6 Å². The van der Waals surface area contributed by atoms with Crippen molar-refractivity contribution in [3.8, 4) is 24.2 Å². The summed E-state index contributed by atoms with van der Waals surface area (Å²) in [5.74, 6) is 2.66. The van der Waals surface area contributed by atoms with E-state index in [1.54, 1.807) is 17.0 Å². The SMILES string of the molecule is C#Cc1ncn(-c2nc(OCCc3cccc(F)c3)ncc2Cl)c1/C=C\C. The van der Waals surface area contributed by atoms with E-state index in [-0.39, 0.29) is 11.8 Å². The van der Waals surface area contributed by atoms with Crippen LogP contribution >= 0.6 is 11.6 Å². The largest absolute Gasteiger partial charge is 0.463 e. The maximum atomic E-state index is 13.2. The van der Waals surface area contributed by atoms with Gasteiger partial charge >= 0.3 is 6.01 Å². The van der Waals surface area contributed by atoms with Crippen LogP contribution in [0.15, 0.2) is 42.9 Å². The number of terminal acetylenes is 1. The molecule has 3 rings (SSSR count). The third-order valence-corrected chi connectivity index (χ3v) is 3.97. The molecule has 0 aliphatic rings. The first-order chi connectivity index (χ1) is 13.1. The molecule has 0 fully saturated rings. The highest BCUT2D eigenvalue weighted by Gasteiger charge is 2.14. The Morgan fingerprint density at radius 3 is 2.96 bits per heavy atom. The van der Waals surface area contributed by atoms with E-state index in [1.807, 2.05) is 25.1 Å². The molecule has 3 aromatic rings. The van der Waals surface area contributed by atoms with E-state index in [4.69, 9.17) is 22.8 Å². The number of aromatic nitrogens is 4. The van der Waals surface area contributed by atoms with Crippen molar-refractivity contribution >= 4 is 17.7 Å². The Hall–Kier alpha value is -3.17. The van der Waals surface area contributed by atoms with E-state index in [0.29, 0.717) is 35.3 Å². The van der Waals surface area contributed by atoms with E-state index in [1.165, 1.54) is 18.3 Å². The summed E-state index contributed by atoms with van der Waals surface area (Å²) < 4.78 is 20.5. The fourth-order valence-electron chi connectivity index (χ4n) is 2.49. The van der Waals surface area contributed by atoms with Crippen LogP contribution in [0.3, 0.4) is 0 Å². The topological polar surface area (TPSA) is 52.8 Å². The molecule has 0 unspecified atom stereocenters. The number of imidazole rings is 1. The molecule has 0 aliphatic heterocycles. The summed E-state index contributed by atoms with van der Waals surface area (Å²) in [6.07, 6.45) is 12.7. The van der Waals surface area contributed by atoms with E-state index in [2.05, 4.69) is 20.9 Å². The molecule has 0 saturated carbocycles. The summed E-state index contributed by atoms with van der Waals surface area (Å²) in [6, 6.07) is 6.52. The number of benzene rings is 1. The molecule has 136 valence electrons. The summed E-state index contributed by atoms with van der Waals surface area (Å²) >= 11 is 6.26. The van der Waals surface area contributed by atoms with Crippen LogP contribution in [0.5, 0.6) is 6.01 Å². The molecule has 7 heteroatoms. The van der Waals surface area contributed by atoms with Gasteiger partial charge in [-0.25, -0.2) is 14.4 Å². The van der Waals surface area contributed by atoms with E-state index in [9.17, 15) is 4.39 Å². The van der Waals surface area contributed by atoms with Crippen molar-refractivity contribution in [1.29, 1.82) is 0 Å². The van der Waals surface area contributed by atoms with Gasteiger partial charge in [0, 0.05) is 6.42 Å². The van der Waals surface area contributed by atoms with Gasteiger partial charge in [0.25, 0.3) is 0 Å². The van der Waals surface area contributed by atoms with E-state index < -0.39 is 0 Å². The smallest absolute Gasteiger partial charge is 0.318 e. The molecule has 0 amide bonds. The Bertz CT molecular complexity index is 1020. The fourth-order valence-corrected chi connectivity index (χ4v) is 2.67. The molecule has 0 bridgehead atoms. The second-order valence-electron chi connectivity index (χ2n) is 5.55. The lowest BCUT2D eigenvalue weighted by Gasteiger charge is -2.10. The number of hydrogen-bond acceptors (Lipinski definition) is 4. The van der Waals surface area contributed by atoms with E-state index in [0.717, 1.165) is 5.56 Å². The normalized spacial score (nSPS) is 10.9.